The molecule has 5 heteroatoms. The van der Waals surface area contributed by atoms with E-state index in [2.05, 4.69) is 0 Å². The SMILES string of the molecule is CCP(=O)(CC)Oc1cc(Cl)ccc1CO. The highest BCUT2D eigenvalue weighted by Gasteiger charge is 2.20. The van der Waals surface area contributed by atoms with Crippen LogP contribution < -0.4 is 4.52 Å². The molecular weight excluding hydrogens is 247 g/mol. The summed E-state index contributed by atoms with van der Waals surface area (Å²) in [6.07, 6.45) is 0.946. The van der Waals surface area contributed by atoms with Crippen LogP contribution in [0.25, 0.3) is 0 Å². The summed E-state index contributed by atoms with van der Waals surface area (Å²) in [6.45, 7) is 3.50. The van der Waals surface area contributed by atoms with E-state index in [1.807, 2.05) is 13.8 Å². The van der Waals surface area contributed by atoms with Crippen LogP contribution in [0.15, 0.2) is 18.2 Å². The molecule has 0 atom stereocenters. The Hall–Kier alpha value is -0.500. The summed E-state index contributed by atoms with van der Waals surface area (Å²) < 4.78 is 17.7. The molecule has 1 rings (SSSR count). The van der Waals surface area contributed by atoms with Crippen molar-refractivity contribution in [3.8, 4) is 5.75 Å². The summed E-state index contributed by atoms with van der Waals surface area (Å²) in [5.74, 6) is 0.419. The Morgan fingerprint density at radius 1 is 1.38 bits per heavy atom. The molecule has 1 N–H and O–H groups in total. The van der Waals surface area contributed by atoms with Gasteiger partial charge in [0.05, 0.1) is 6.61 Å². The summed E-state index contributed by atoms with van der Waals surface area (Å²) in [4.78, 5) is 0. The third-order valence-electron chi connectivity index (χ3n) is 2.43. The van der Waals surface area contributed by atoms with Gasteiger partial charge < -0.3 is 9.63 Å². The first-order valence-corrected chi connectivity index (χ1v) is 7.59. The molecule has 0 aromatic heterocycles. The average Bonchev–Trinajstić information content (AvgIpc) is 2.29. The molecule has 0 aliphatic heterocycles. The molecule has 0 unspecified atom stereocenters. The average molecular weight is 263 g/mol. The molecule has 0 amide bonds. The normalized spacial score (nSPS) is 11.5. The van der Waals surface area contributed by atoms with Crippen LogP contribution in [0.5, 0.6) is 5.75 Å². The zero-order valence-corrected chi connectivity index (χ0v) is 11.1. The van der Waals surface area contributed by atoms with E-state index in [9.17, 15) is 4.57 Å². The van der Waals surface area contributed by atoms with E-state index in [0.29, 0.717) is 28.7 Å². The smallest absolute Gasteiger partial charge is 0.247 e. The predicted octanol–water partition coefficient (Wildman–Crippen LogP) is 3.53. The van der Waals surface area contributed by atoms with Gasteiger partial charge in [-0.25, -0.2) is 0 Å². The molecule has 90 valence electrons. The van der Waals surface area contributed by atoms with Gasteiger partial charge in [0, 0.05) is 22.9 Å². The molecule has 0 aliphatic carbocycles. The Morgan fingerprint density at radius 3 is 2.50 bits per heavy atom. The van der Waals surface area contributed by atoms with Crippen molar-refractivity contribution in [2.75, 3.05) is 12.3 Å². The quantitative estimate of drug-likeness (QED) is 0.826. The van der Waals surface area contributed by atoms with Crippen LogP contribution in [0.3, 0.4) is 0 Å². The maximum atomic E-state index is 12.2. The second-order valence-electron chi connectivity index (χ2n) is 3.45. The standard InChI is InChI=1S/C11H16ClO3P/c1-3-16(14,4-2)15-11-7-10(12)6-5-9(11)8-13/h5-7,13H,3-4,8H2,1-2H3. The maximum absolute atomic E-state index is 12.2. The molecule has 0 spiro atoms. The van der Waals surface area contributed by atoms with E-state index in [4.69, 9.17) is 21.2 Å². The first-order chi connectivity index (χ1) is 7.54. The third kappa shape index (κ3) is 3.24. The number of halogens is 1. The van der Waals surface area contributed by atoms with Gasteiger partial charge in [0.2, 0.25) is 7.37 Å². The van der Waals surface area contributed by atoms with Crippen LogP contribution in [0.1, 0.15) is 19.4 Å². The Balaban J connectivity index is 3.03. The Bertz CT molecular complexity index is 398. The predicted molar refractivity (Wildman–Crippen MR) is 66.7 cm³/mol. The van der Waals surface area contributed by atoms with Crippen LogP contribution in [0, 0.1) is 0 Å². The van der Waals surface area contributed by atoms with Crippen molar-refractivity contribution in [2.45, 2.75) is 20.5 Å². The molecule has 1 aromatic carbocycles. The molecule has 16 heavy (non-hydrogen) atoms. The zero-order chi connectivity index (χ0) is 12.2. The van der Waals surface area contributed by atoms with Gasteiger partial charge in [0.15, 0.2) is 0 Å². The topological polar surface area (TPSA) is 46.5 Å². The monoisotopic (exact) mass is 262 g/mol. The number of aliphatic hydroxyl groups excluding tert-OH is 1. The number of benzene rings is 1. The number of rotatable bonds is 5. The fourth-order valence-corrected chi connectivity index (χ4v) is 2.67. The van der Waals surface area contributed by atoms with Crippen LogP contribution in [-0.4, -0.2) is 17.4 Å². The van der Waals surface area contributed by atoms with Gasteiger partial charge in [-0.3, -0.25) is 4.57 Å². The minimum atomic E-state index is -2.63. The Kier molecular flexibility index (Phi) is 4.85. The second-order valence-corrected chi connectivity index (χ2v) is 6.96. The van der Waals surface area contributed by atoms with Crippen molar-refractivity contribution >= 4 is 19.0 Å². The number of aliphatic hydroxyl groups is 1. The lowest BCUT2D eigenvalue weighted by molar-refractivity contribution is 0.278. The van der Waals surface area contributed by atoms with Crippen LogP contribution in [-0.2, 0) is 11.2 Å². The second kappa shape index (κ2) is 5.72. The van der Waals surface area contributed by atoms with E-state index in [1.165, 1.54) is 0 Å². The molecular formula is C11H16ClO3P. The van der Waals surface area contributed by atoms with Crippen LogP contribution in [0.2, 0.25) is 5.02 Å². The Morgan fingerprint density at radius 2 is 2.00 bits per heavy atom. The number of hydrogen-bond acceptors (Lipinski definition) is 3. The van der Waals surface area contributed by atoms with E-state index < -0.39 is 7.37 Å². The third-order valence-corrected chi connectivity index (χ3v) is 5.12. The van der Waals surface area contributed by atoms with Crippen molar-refractivity contribution in [2.24, 2.45) is 0 Å². The molecule has 0 bridgehead atoms. The van der Waals surface area contributed by atoms with E-state index in [1.54, 1.807) is 18.2 Å². The molecule has 0 fully saturated rings. The van der Waals surface area contributed by atoms with E-state index in [-0.39, 0.29) is 6.61 Å². The van der Waals surface area contributed by atoms with Crippen LogP contribution >= 0.6 is 19.0 Å². The first kappa shape index (κ1) is 13.6. The van der Waals surface area contributed by atoms with Crippen molar-refractivity contribution in [3.05, 3.63) is 28.8 Å². The molecule has 0 radical (unpaired) electrons. The Labute approximate surface area is 101 Å². The van der Waals surface area contributed by atoms with Crippen molar-refractivity contribution < 1.29 is 14.2 Å². The summed E-state index contributed by atoms with van der Waals surface area (Å²) in [5.41, 5.74) is 0.603. The molecule has 3 nitrogen and oxygen atoms in total. The van der Waals surface area contributed by atoms with Gasteiger partial charge in [-0.15, -0.1) is 0 Å². The first-order valence-electron chi connectivity index (χ1n) is 5.21. The van der Waals surface area contributed by atoms with Gasteiger partial charge in [0.1, 0.15) is 5.75 Å². The summed E-state index contributed by atoms with van der Waals surface area (Å²) in [7, 11) is -2.63. The van der Waals surface area contributed by atoms with Gasteiger partial charge in [-0.1, -0.05) is 31.5 Å². The minimum absolute atomic E-state index is 0.153. The molecule has 0 saturated heterocycles. The molecule has 0 aliphatic rings. The fraction of sp³-hybridized carbons (Fsp3) is 0.455. The fourth-order valence-electron chi connectivity index (χ4n) is 1.28. The van der Waals surface area contributed by atoms with E-state index in [0.717, 1.165) is 0 Å². The van der Waals surface area contributed by atoms with Crippen molar-refractivity contribution in [3.63, 3.8) is 0 Å². The summed E-state index contributed by atoms with van der Waals surface area (Å²) in [6, 6.07) is 4.93. The molecule has 1 aromatic rings. The van der Waals surface area contributed by atoms with Gasteiger partial charge in [-0.05, 0) is 12.1 Å². The van der Waals surface area contributed by atoms with Crippen molar-refractivity contribution in [1.82, 2.24) is 0 Å². The lowest BCUT2D eigenvalue weighted by Crippen LogP contribution is -2.00. The summed E-state index contributed by atoms with van der Waals surface area (Å²) in [5, 5.41) is 9.64. The van der Waals surface area contributed by atoms with E-state index >= 15 is 0 Å². The molecule has 0 heterocycles. The lowest BCUT2D eigenvalue weighted by atomic mass is 10.2. The van der Waals surface area contributed by atoms with Gasteiger partial charge in [0.25, 0.3) is 0 Å². The van der Waals surface area contributed by atoms with Gasteiger partial charge >= 0.3 is 0 Å². The lowest BCUT2D eigenvalue weighted by Gasteiger charge is -2.18. The number of hydrogen-bond donors (Lipinski definition) is 1. The molecule has 0 saturated carbocycles. The van der Waals surface area contributed by atoms with Crippen LogP contribution in [0.4, 0.5) is 0 Å². The highest BCUT2D eigenvalue weighted by Crippen LogP contribution is 2.47. The summed E-state index contributed by atoms with van der Waals surface area (Å²) >= 11 is 5.84. The van der Waals surface area contributed by atoms with Crippen molar-refractivity contribution in [1.29, 1.82) is 0 Å². The highest BCUT2D eigenvalue weighted by molar-refractivity contribution is 7.59. The largest absolute Gasteiger partial charge is 0.442 e. The minimum Gasteiger partial charge on any atom is -0.442 e. The zero-order valence-electron chi connectivity index (χ0n) is 9.44. The maximum Gasteiger partial charge on any atom is 0.247 e. The highest BCUT2D eigenvalue weighted by atomic mass is 35.5. The van der Waals surface area contributed by atoms with Gasteiger partial charge in [-0.2, -0.15) is 0 Å².